The number of benzene rings is 1. The summed E-state index contributed by atoms with van der Waals surface area (Å²) in [7, 11) is 0. The smallest absolute Gasteiger partial charge is 0.220 e. The lowest BCUT2D eigenvalue weighted by molar-refractivity contribution is -0.119. The molecule has 2 fully saturated rings. The summed E-state index contributed by atoms with van der Waals surface area (Å²) in [5, 5.41) is 10.9. The maximum absolute atomic E-state index is 11.7. The molecule has 1 saturated heterocycles. The van der Waals surface area contributed by atoms with Gasteiger partial charge in [-0.2, -0.15) is 0 Å². The number of pyridine rings is 1. The average molecular weight is 431 g/mol. The minimum Gasteiger partial charge on any atom is -0.488 e. The highest BCUT2D eigenvalue weighted by molar-refractivity contribution is 5.93. The lowest BCUT2D eigenvalue weighted by Crippen LogP contribution is -2.26. The number of fused-ring (bicyclic) bond motifs is 1. The number of imidazole rings is 1. The van der Waals surface area contributed by atoms with Crippen LogP contribution >= 0.6 is 0 Å². The SMILES string of the molecule is CC(Oc1cc(C(C=N)C=Nc2ccncc2)cc2ncn(C3CC3)c12)C1CNC(=O)C1. The molecule has 164 valence electrons. The molecule has 1 aliphatic heterocycles. The third-order valence-corrected chi connectivity index (χ3v) is 6.19. The molecule has 0 bridgehead atoms. The minimum atomic E-state index is -0.314. The van der Waals surface area contributed by atoms with Gasteiger partial charge in [0, 0.05) is 49.7 Å². The quantitative estimate of drug-likeness (QED) is 0.530. The lowest BCUT2D eigenvalue weighted by Gasteiger charge is -2.22. The van der Waals surface area contributed by atoms with E-state index in [4.69, 9.17) is 10.1 Å². The van der Waals surface area contributed by atoms with Crippen LogP contribution in [0.5, 0.6) is 5.75 Å². The molecule has 8 nitrogen and oxygen atoms in total. The number of aliphatic imine (C=N–C) groups is 1. The summed E-state index contributed by atoms with van der Waals surface area (Å²) < 4.78 is 8.65. The first kappa shape index (κ1) is 20.4. The van der Waals surface area contributed by atoms with E-state index in [9.17, 15) is 4.79 Å². The summed E-state index contributed by atoms with van der Waals surface area (Å²) >= 11 is 0. The van der Waals surface area contributed by atoms with Crippen molar-refractivity contribution in [2.75, 3.05) is 6.54 Å². The van der Waals surface area contributed by atoms with Gasteiger partial charge in [-0.05, 0) is 49.6 Å². The fourth-order valence-electron chi connectivity index (χ4n) is 4.14. The maximum atomic E-state index is 11.7. The van der Waals surface area contributed by atoms with Crippen LogP contribution in [0.3, 0.4) is 0 Å². The molecular weight excluding hydrogens is 404 g/mol. The van der Waals surface area contributed by atoms with Gasteiger partial charge in [0.1, 0.15) is 17.4 Å². The molecule has 5 rings (SSSR count). The monoisotopic (exact) mass is 430 g/mol. The van der Waals surface area contributed by atoms with Crippen LogP contribution in [0.4, 0.5) is 5.69 Å². The van der Waals surface area contributed by atoms with Gasteiger partial charge in [0.25, 0.3) is 0 Å². The van der Waals surface area contributed by atoms with Gasteiger partial charge in [0.2, 0.25) is 5.91 Å². The second-order valence-corrected chi connectivity index (χ2v) is 8.54. The number of hydrogen-bond donors (Lipinski definition) is 2. The van der Waals surface area contributed by atoms with Crippen LogP contribution in [0.15, 0.2) is 48.0 Å². The van der Waals surface area contributed by atoms with Crippen LogP contribution < -0.4 is 10.1 Å². The Kier molecular flexibility index (Phi) is 5.43. The van der Waals surface area contributed by atoms with Gasteiger partial charge in [-0.15, -0.1) is 0 Å². The van der Waals surface area contributed by atoms with Crippen molar-refractivity contribution in [1.82, 2.24) is 19.9 Å². The molecule has 1 amide bonds. The Labute approximate surface area is 186 Å². The van der Waals surface area contributed by atoms with Crippen LogP contribution in [0.25, 0.3) is 11.0 Å². The van der Waals surface area contributed by atoms with Crippen LogP contribution in [0.1, 0.15) is 43.7 Å². The standard InChI is InChI=1S/C24H26N6O2/c1-15(17-10-23(31)28-12-17)32-22-9-16(8-21-24(22)30(14-29-21)20-2-3-20)18(11-25)13-27-19-4-6-26-7-5-19/h4-9,11,13-15,17-18,20,25H,2-3,10,12H2,1H3,(H,28,31). The van der Waals surface area contributed by atoms with Gasteiger partial charge in [-0.3, -0.25) is 14.8 Å². The predicted molar refractivity (Wildman–Crippen MR) is 123 cm³/mol. The number of nitrogens with one attached hydrogen (secondary N) is 2. The van der Waals surface area contributed by atoms with E-state index in [0.29, 0.717) is 19.0 Å². The Morgan fingerprint density at radius 3 is 2.81 bits per heavy atom. The molecule has 3 aromatic rings. The van der Waals surface area contributed by atoms with Crippen LogP contribution in [-0.4, -0.2) is 45.5 Å². The van der Waals surface area contributed by atoms with Crippen molar-refractivity contribution >= 4 is 35.1 Å². The largest absolute Gasteiger partial charge is 0.488 e. The van der Waals surface area contributed by atoms with Crippen LogP contribution in [0.2, 0.25) is 0 Å². The fourth-order valence-corrected chi connectivity index (χ4v) is 4.14. The Morgan fingerprint density at radius 1 is 1.31 bits per heavy atom. The topological polar surface area (TPSA) is 105 Å². The maximum Gasteiger partial charge on any atom is 0.220 e. The lowest BCUT2D eigenvalue weighted by atomic mass is 9.99. The number of rotatable bonds is 8. The van der Waals surface area contributed by atoms with Gasteiger partial charge in [-0.1, -0.05) is 0 Å². The van der Waals surface area contributed by atoms with Gasteiger partial charge < -0.3 is 20.0 Å². The van der Waals surface area contributed by atoms with E-state index in [1.807, 2.05) is 37.5 Å². The van der Waals surface area contributed by atoms with E-state index in [-0.39, 0.29) is 23.8 Å². The molecule has 2 aliphatic rings. The van der Waals surface area contributed by atoms with Crippen LogP contribution in [0, 0.1) is 11.3 Å². The Morgan fingerprint density at radius 2 is 2.12 bits per heavy atom. The van der Waals surface area contributed by atoms with Crippen molar-refractivity contribution in [3.63, 3.8) is 0 Å². The number of carbonyl (C=O) groups is 1. The van der Waals surface area contributed by atoms with Gasteiger partial charge in [0.15, 0.2) is 0 Å². The van der Waals surface area contributed by atoms with E-state index in [0.717, 1.165) is 40.9 Å². The summed E-state index contributed by atoms with van der Waals surface area (Å²) in [5.41, 5.74) is 3.51. The normalized spacial score (nSPS) is 20.4. The number of amides is 1. The number of hydrogen-bond acceptors (Lipinski definition) is 6. The van der Waals surface area contributed by atoms with E-state index in [1.54, 1.807) is 18.6 Å². The summed E-state index contributed by atoms with van der Waals surface area (Å²) in [6, 6.07) is 8.12. The molecule has 3 heterocycles. The third kappa shape index (κ3) is 4.12. The van der Waals surface area contributed by atoms with Crippen molar-refractivity contribution in [3.05, 3.63) is 48.5 Å². The third-order valence-electron chi connectivity index (χ3n) is 6.19. The van der Waals surface area contributed by atoms with E-state index in [1.165, 1.54) is 6.21 Å². The summed E-state index contributed by atoms with van der Waals surface area (Å²) in [4.78, 5) is 24.8. The molecule has 1 saturated carbocycles. The van der Waals surface area contributed by atoms with Crippen molar-refractivity contribution in [2.45, 2.75) is 44.2 Å². The zero-order chi connectivity index (χ0) is 22.1. The first-order chi connectivity index (χ1) is 15.6. The average Bonchev–Trinajstić information content (AvgIpc) is 3.40. The summed E-state index contributed by atoms with van der Waals surface area (Å²) in [6.45, 7) is 2.65. The van der Waals surface area contributed by atoms with Crippen LogP contribution in [-0.2, 0) is 4.79 Å². The number of carbonyl (C=O) groups excluding carboxylic acids is 1. The van der Waals surface area contributed by atoms with Crippen molar-refractivity contribution < 1.29 is 9.53 Å². The van der Waals surface area contributed by atoms with E-state index < -0.39 is 0 Å². The molecule has 2 N–H and O–H groups in total. The molecule has 2 aromatic heterocycles. The molecule has 3 unspecified atom stereocenters. The Balaban J connectivity index is 1.50. The molecule has 0 spiro atoms. The number of nitrogens with zero attached hydrogens (tertiary/aromatic N) is 4. The second-order valence-electron chi connectivity index (χ2n) is 8.54. The highest BCUT2D eigenvalue weighted by atomic mass is 16.5. The summed E-state index contributed by atoms with van der Waals surface area (Å²) in [5.74, 6) is 0.637. The van der Waals surface area contributed by atoms with Gasteiger partial charge >= 0.3 is 0 Å². The first-order valence-corrected chi connectivity index (χ1v) is 11.0. The number of ether oxygens (including phenoxy) is 1. The van der Waals surface area contributed by atoms with E-state index in [2.05, 4.69) is 24.8 Å². The first-order valence-electron chi connectivity index (χ1n) is 11.0. The predicted octanol–water partition coefficient (Wildman–Crippen LogP) is 3.81. The van der Waals surface area contributed by atoms with Crippen molar-refractivity contribution in [1.29, 1.82) is 5.41 Å². The van der Waals surface area contributed by atoms with E-state index >= 15 is 0 Å². The van der Waals surface area contributed by atoms with Gasteiger partial charge in [-0.25, -0.2) is 4.98 Å². The molecule has 8 heteroatoms. The fraction of sp³-hybridized carbons (Fsp3) is 0.375. The highest BCUT2D eigenvalue weighted by Crippen LogP contribution is 2.41. The molecule has 32 heavy (non-hydrogen) atoms. The minimum absolute atomic E-state index is 0.0727. The number of aromatic nitrogens is 3. The molecule has 3 atom stereocenters. The van der Waals surface area contributed by atoms with Crippen molar-refractivity contribution in [3.8, 4) is 5.75 Å². The second kappa shape index (κ2) is 8.53. The highest BCUT2D eigenvalue weighted by Gasteiger charge is 2.30. The molecule has 1 aliphatic carbocycles. The van der Waals surface area contributed by atoms with Crippen molar-refractivity contribution in [2.24, 2.45) is 10.9 Å². The molecular formula is C24H26N6O2. The molecule has 1 aromatic carbocycles. The van der Waals surface area contributed by atoms with Gasteiger partial charge in [0.05, 0.1) is 23.4 Å². The summed E-state index contributed by atoms with van der Waals surface area (Å²) in [6.07, 6.45) is 11.0. The Hall–Kier alpha value is -3.55. The molecule has 0 radical (unpaired) electrons. The zero-order valence-corrected chi connectivity index (χ0v) is 17.9. The zero-order valence-electron chi connectivity index (χ0n) is 17.9. The Bertz CT molecular complexity index is 1170.